The van der Waals surface area contributed by atoms with E-state index in [0.29, 0.717) is 12.3 Å². The molecule has 0 saturated carbocycles. The van der Waals surface area contributed by atoms with Crippen molar-refractivity contribution in [1.29, 1.82) is 0 Å². The summed E-state index contributed by atoms with van der Waals surface area (Å²) < 4.78 is 16.1. The number of hydrogen-bond donors (Lipinski definition) is 2. The molecule has 0 bridgehead atoms. The normalized spacial score (nSPS) is 9.43. The van der Waals surface area contributed by atoms with Gasteiger partial charge in [0.15, 0.2) is 5.96 Å². The van der Waals surface area contributed by atoms with E-state index >= 15 is 0 Å². The zero-order valence-electron chi connectivity index (χ0n) is 14.6. The summed E-state index contributed by atoms with van der Waals surface area (Å²) in [5.41, 5.74) is 0.988. The minimum Gasteiger partial charge on any atom is -0.496 e. The van der Waals surface area contributed by atoms with Crippen molar-refractivity contribution in [2.45, 2.75) is 20.3 Å². The Bertz CT molecular complexity index is 462. The highest BCUT2D eigenvalue weighted by Gasteiger charge is 2.12. The molecule has 0 aliphatic rings. The summed E-state index contributed by atoms with van der Waals surface area (Å²) in [4.78, 5) is 4.54. The van der Waals surface area contributed by atoms with Gasteiger partial charge in [-0.05, 0) is 20.3 Å². The molecular weight excluding hydrogens is 409 g/mol. The first-order chi connectivity index (χ1) is 10.7. The summed E-state index contributed by atoms with van der Waals surface area (Å²) in [5.74, 6) is 3.03. The number of benzene rings is 1. The van der Waals surface area contributed by atoms with Gasteiger partial charge in [0.1, 0.15) is 17.2 Å². The summed E-state index contributed by atoms with van der Waals surface area (Å²) in [6, 6.07) is 3.72. The Morgan fingerprint density at radius 1 is 0.957 bits per heavy atom. The van der Waals surface area contributed by atoms with Crippen molar-refractivity contribution in [1.82, 2.24) is 10.6 Å². The SMILES string of the molecule is CCNC(=NCCc1c(OC)cc(OC)cc1OC)NCC.I. The molecule has 0 amide bonds. The Hall–Kier alpha value is -1.38. The van der Waals surface area contributed by atoms with Gasteiger partial charge in [0.2, 0.25) is 0 Å². The van der Waals surface area contributed by atoms with Crippen molar-refractivity contribution in [3.05, 3.63) is 17.7 Å². The van der Waals surface area contributed by atoms with E-state index in [9.17, 15) is 0 Å². The molecule has 0 fully saturated rings. The molecule has 0 saturated heterocycles. The summed E-state index contributed by atoms with van der Waals surface area (Å²) in [6.45, 7) is 6.39. The predicted octanol–water partition coefficient (Wildman–Crippen LogP) is 2.45. The second kappa shape index (κ2) is 12.1. The van der Waals surface area contributed by atoms with E-state index in [-0.39, 0.29) is 24.0 Å². The molecule has 7 heteroatoms. The van der Waals surface area contributed by atoms with E-state index in [1.54, 1.807) is 21.3 Å². The van der Waals surface area contributed by atoms with Crippen LogP contribution in [0.5, 0.6) is 17.2 Å². The smallest absolute Gasteiger partial charge is 0.191 e. The number of guanidine groups is 1. The average molecular weight is 437 g/mol. The molecule has 0 heterocycles. The monoisotopic (exact) mass is 437 g/mol. The van der Waals surface area contributed by atoms with Gasteiger partial charge in [-0.1, -0.05) is 0 Å². The maximum atomic E-state index is 5.44. The van der Waals surface area contributed by atoms with Crippen LogP contribution < -0.4 is 24.8 Å². The fraction of sp³-hybridized carbons (Fsp3) is 0.562. The van der Waals surface area contributed by atoms with E-state index in [0.717, 1.165) is 42.5 Å². The average Bonchev–Trinajstić information content (AvgIpc) is 2.54. The zero-order chi connectivity index (χ0) is 16.4. The quantitative estimate of drug-likeness (QED) is 0.372. The fourth-order valence-electron chi connectivity index (χ4n) is 2.11. The Kier molecular flexibility index (Phi) is 11.4. The van der Waals surface area contributed by atoms with Gasteiger partial charge in [-0.2, -0.15) is 0 Å². The third kappa shape index (κ3) is 6.72. The lowest BCUT2D eigenvalue weighted by atomic mass is 10.1. The Morgan fingerprint density at radius 3 is 1.87 bits per heavy atom. The lowest BCUT2D eigenvalue weighted by Gasteiger charge is -2.15. The first kappa shape index (κ1) is 21.6. The van der Waals surface area contributed by atoms with Gasteiger partial charge in [0.05, 0.1) is 21.3 Å². The van der Waals surface area contributed by atoms with Crippen LogP contribution in [-0.2, 0) is 6.42 Å². The molecule has 1 rings (SSSR count). The molecule has 6 nitrogen and oxygen atoms in total. The number of halogens is 1. The molecule has 132 valence electrons. The molecule has 0 unspecified atom stereocenters. The van der Waals surface area contributed by atoms with Gasteiger partial charge in [-0.3, -0.25) is 4.99 Å². The Morgan fingerprint density at radius 2 is 1.48 bits per heavy atom. The number of rotatable bonds is 8. The van der Waals surface area contributed by atoms with Crippen molar-refractivity contribution in [3.63, 3.8) is 0 Å². The minimum atomic E-state index is 0. The van der Waals surface area contributed by atoms with Crippen molar-refractivity contribution in [2.24, 2.45) is 4.99 Å². The fourth-order valence-corrected chi connectivity index (χ4v) is 2.11. The number of ether oxygens (including phenoxy) is 3. The molecule has 0 aromatic heterocycles. The first-order valence-electron chi connectivity index (χ1n) is 7.51. The number of hydrogen-bond acceptors (Lipinski definition) is 4. The standard InChI is InChI=1S/C16H27N3O3.HI/c1-6-17-16(18-7-2)19-9-8-13-14(21-4)10-12(20-3)11-15(13)22-5;/h10-11H,6-9H2,1-5H3,(H2,17,18,19);1H. The molecule has 2 N–H and O–H groups in total. The highest BCUT2D eigenvalue weighted by Crippen LogP contribution is 2.34. The van der Waals surface area contributed by atoms with Gasteiger partial charge < -0.3 is 24.8 Å². The first-order valence-corrected chi connectivity index (χ1v) is 7.51. The van der Waals surface area contributed by atoms with Gasteiger partial charge >= 0.3 is 0 Å². The lowest BCUT2D eigenvalue weighted by molar-refractivity contribution is 0.369. The van der Waals surface area contributed by atoms with Crippen molar-refractivity contribution in [2.75, 3.05) is 41.0 Å². The second-order valence-electron chi connectivity index (χ2n) is 4.55. The van der Waals surface area contributed by atoms with Crippen LogP contribution in [-0.4, -0.2) is 46.9 Å². The predicted molar refractivity (Wildman–Crippen MR) is 105 cm³/mol. The molecular formula is C16H28IN3O3. The maximum Gasteiger partial charge on any atom is 0.191 e. The Labute approximate surface area is 156 Å². The van der Waals surface area contributed by atoms with Crippen LogP contribution in [0.25, 0.3) is 0 Å². The molecule has 0 atom stereocenters. The molecule has 0 radical (unpaired) electrons. The van der Waals surface area contributed by atoms with E-state index in [1.807, 2.05) is 26.0 Å². The molecule has 0 aliphatic heterocycles. The van der Waals surface area contributed by atoms with Gasteiger partial charge in [-0.15, -0.1) is 24.0 Å². The van der Waals surface area contributed by atoms with E-state index < -0.39 is 0 Å². The van der Waals surface area contributed by atoms with Crippen LogP contribution in [0.2, 0.25) is 0 Å². The summed E-state index contributed by atoms with van der Waals surface area (Å²) in [6.07, 6.45) is 0.719. The van der Waals surface area contributed by atoms with Crippen LogP contribution in [0.15, 0.2) is 17.1 Å². The third-order valence-electron chi connectivity index (χ3n) is 3.14. The van der Waals surface area contributed by atoms with E-state index in [2.05, 4.69) is 15.6 Å². The lowest BCUT2D eigenvalue weighted by Crippen LogP contribution is -2.37. The van der Waals surface area contributed by atoms with Crippen LogP contribution >= 0.6 is 24.0 Å². The van der Waals surface area contributed by atoms with Crippen LogP contribution in [0.1, 0.15) is 19.4 Å². The van der Waals surface area contributed by atoms with Crippen molar-refractivity contribution in [3.8, 4) is 17.2 Å². The van der Waals surface area contributed by atoms with E-state index in [1.165, 1.54) is 0 Å². The number of nitrogens with one attached hydrogen (secondary N) is 2. The highest BCUT2D eigenvalue weighted by atomic mass is 127. The summed E-state index contributed by atoms with van der Waals surface area (Å²) >= 11 is 0. The van der Waals surface area contributed by atoms with Crippen molar-refractivity contribution < 1.29 is 14.2 Å². The van der Waals surface area contributed by atoms with Crippen LogP contribution in [0, 0.1) is 0 Å². The largest absolute Gasteiger partial charge is 0.496 e. The number of aliphatic imine (C=N–C) groups is 1. The highest BCUT2D eigenvalue weighted by molar-refractivity contribution is 14.0. The molecule has 1 aromatic carbocycles. The molecule has 1 aromatic rings. The molecule has 0 aliphatic carbocycles. The van der Waals surface area contributed by atoms with Gasteiger partial charge in [-0.25, -0.2) is 0 Å². The Balaban J connectivity index is 0.00000484. The van der Waals surface area contributed by atoms with E-state index in [4.69, 9.17) is 14.2 Å². The minimum absolute atomic E-state index is 0. The summed E-state index contributed by atoms with van der Waals surface area (Å²) in [7, 11) is 4.91. The second-order valence-corrected chi connectivity index (χ2v) is 4.55. The number of nitrogens with zero attached hydrogens (tertiary/aromatic N) is 1. The number of methoxy groups -OCH3 is 3. The van der Waals surface area contributed by atoms with Gasteiger partial charge in [0, 0.05) is 37.3 Å². The van der Waals surface area contributed by atoms with Crippen LogP contribution in [0.3, 0.4) is 0 Å². The molecule has 0 spiro atoms. The van der Waals surface area contributed by atoms with Gasteiger partial charge in [0.25, 0.3) is 0 Å². The third-order valence-corrected chi connectivity index (χ3v) is 3.14. The van der Waals surface area contributed by atoms with Crippen molar-refractivity contribution >= 4 is 29.9 Å². The molecule has 23 heavy (non-hydrogen) atoms. The topological polar surface area (TPSA) is 64.1 Å². The maximum absolute atomic E-state index is 5.44. The zero-order valence-corrected chi connectivity index (χ0v) is 16.9. The van der Waals surface area contributed by atoms with Crippen LogP contribution in [0.4, 0.5) is 0 Å². The summed E-state index contributed by atoms with van der Waals surface area (Å²) in [5, 5.41) is 6.40.